The van der Waals surface area contributed by atoms with Crippen molar-refractivity contribution in [2.45, 2.75) is 5.92 Å². The quantitative estimate of drug-likeness (QED) is 0.114. The molecule has 1 atom stereocenters. The van der Waals surface area contributed by atoms with E-state index in [1.54, 1.807) is 0 Å². The number of fused-ring (bicyclic) bond motifs is 3. The third-order valence-electron chi connectivity index (χ3n) is 6.59. The molecule has 0 aliphatic carbocycles. The summed E-state index contributed by atoms with van der Waals surface area (Å²) in [5.74, 6) is 0.246. The maximum absolute atomic E-state index is 11.3. The molecule has 1 unspecified atom stereocenters. The number of hydrogen-bond acceptors (Lipinski definition) is 1. The summed E-state index contributed by atoms with van der Waals surface area (Å²) in [6, 6.07) is 38.8. The summed E-state index contributed by atoms with van der Waals surface area (Å²) in [7, 11) is 0. The fourth-order valence-electron chi connectivity index (χ4n) is 5.05. The average molecular weight is 662 g/mol. The number of rotatable bonds is 3. The van der Waals surface area contributed by atoms with Crippen molar-refractivity contribution >= 4 is 77.5 Å². The second kappa shape index (κ2) is 8.86. The summed E-state index contributed by atoms with van der Waals surface area (Å²) in [5.41, 5.74) is 3.34. The SMILES string of the molecule is Oc1c(I)cc(I)cc1C(c1cccc2ccccc12)c1cccc2cc3ccccc3cc12. The lowest BCUT2D eigenvalue weighted by molar-refractivity contribution is 0.463. The molecule has 34 heavy (non-hydrogen) atoms. The first-order valence-electron chi connectivity index (χ1n) is 11.2. The smallest absolute Gasteiger partial charge is 0.133 e. The van der Waals surface area contributed by atoms with Gasteiger partial charge in [-0.15, -0.1) is 0 Å². The van der Waals surface area contributed by atoms with Crippen LogP contribution in [0.1, 0.15) is 22.6 Å². The Labute approximate surface area is 225 Å². The number of halogens is 2. The highest BCUT2D eigenvalue weighted by atomic mass is 127. The van der Waals surface area contributed by atoms with Crippen LogP contribution in [0, 0.1) is 7.14 Å². The van der Waals surface area contributed by atoms with Gasteiger partial charge in [0, 0.05) is 15.1 Å². The van der Waals surface area contributed by atoms with Gasteiger partial charge in [0.25, 0.3) is 0 Å². The van der Waals surface area contributed by atoms with E-state index in [9.17, 15) is 5.11 Å². The molecule has 0 radical (unpaired) electrons. The van der Waals surface area contributed by atoms with Crippen LogP contribution in [0.3, 0.4) is 0 Å². The molecule has 1 N–H and O–H groups in total. The topological polar surface area (TPSA) is 20.2 Å². The monoisotopic (exact) mass is 662 g/mol. The Morgan fingerprint density at radius 2 is 1.09 bits per heavy atom. The number of phenolic OH excluding ortho intramolecular Hbond substituents is 1. The van der Waals surface area contributed by atoms with Crippen molar-refractivity contribution in [2.24, 2.45) is 0 Å². The van der Waals surface area contributed by atoms with Crippen molar-refractivity contribution in [3.63, 3.8) is 0 Å². The van der Waals surface area contributed by atoms with Crippen LogP contribution < -0.4 is 0 Å². The Hall–Kier alpha value is -2.64. The van der Waals surface area contributed by atoms with E-state index >= 15 is 0 Å². The highest BCUT2D eigenvalue weighted by Crippen LogP contribution is 2.44. The first-order valence-corrected chi connectivity index (χ1v) is 13.3. The maximum atomic E-state index is 11.3. The van der Waals surface area contributed by atoms with E-state index in [0.717, 1.165) is 12.7 Å². The Bertz CT molecular complexity index is 1700. The van der Waals surface area contributed by atoms with E-state index in [1.165, 1.54) is 43.4 Å². The fourth-order valence-corrected chi connectivity index (χ4v) is 6.94. The third-order valence-corrected chi connectivity index (χ3v) is 8.04. The van der Waals surface area contributed by atoms with Gasteiger partial charge in [-0.25, -0.2) is 0 Å². The van der Waals surface area contributed by atoms with E-state index < -0.39 is 0 Å². The largest absolute Gasteiger partial charge is 0.507 e. The van der Waals surface area contributed by atoms with Gasteiger partial charge < -0.3 is 5.11 Å². The van der Waals surface area contributed by atoms with Gasteiger partial charge in [-0.1, -0.05) is 84.9 Å². The molecule has 0 fully saturated rings. The van der Waals surface area contributed by atoms with Crippen LogP contribution in [0.4, 0.5) is 0 Å². The standard InChI is InChI=1S/C31H20I2O/c32-23-17-28(31(34)29(33)18-23)30(25-13-5-10-19-7-3-4-12-24(19)25)26-14-6-11-22-15-20-8-1-2-9-21(20)16-27(22)26/h1-18,30,34H. The van der Waals surface area contributed by atoms with Crippen molar-refractivity contribution in [1.82, 2.24) is 0 Å². The average Bonchev–Trinajstić information content (AvgIpc) is 2.86. The van der Waals surface area contributed by atoms with Crippen molar-refractivity contribution in [2.75, 3.05) is 0 Å². The van der Waals surface area contributed by atoms with E-state index in [-0.39, 0.29) is 5.92 Å². The minimum absolute atomic E-state index is 0.112. The number of hydrogen-bond donors (Lipinski definition) is 1. The first kappa shape index (κ1) is 21.9. The fraction of sp³-hybridized carbons (Fsp3) is 0.0323. The minimum Gasteiger partial charge on any atom is -0.507 e. The van der Waals surface area contributed by atoms with Gasteiger partial charge in [-0.2, -0.15) is 0 Å². The molecular formula is C31H20I2O. The zero-order valence-electron chi connectivity index (χ0n) is 18.2. The van der Waals surface area contributed by atoms with Crippen LogP contribution in [0.25, 0.3) is 32.3 Å². The van der Waals surface area contributed by atoms with E-state index in [1.807, 2.05) is 6.07 Å². The molecule has 0 aromatic heterocycles. The van der Waals surface area contributed by atoms with Gasteiger partial charge >= 0.3 is 0 Å². The lowest BCUT2D eigenvalue weighted by Gasteiger charge is -2.24. The molecular weight excluding hydrogens is 642 g/mol. The minimum atomic E-state index is -0.112. The molecule has 0 spiro atoms. The Balaban J connectivity index is 1.74. The van der Waals surface area contributed by atoms with Crippen molar-refractivity contribution in [3.8, 4) is 5.75 Å². The van der Waals surface area contributed by atoms with Crippen LogP contribution in [0.15, 0.2) is 109 Å². The Kier molecular flexibility index (Phi) is 5.70. The van der Waals surface area contributed by atoms with Gasteiger partial charge in [0.2, 0.25) is 0 Å². The zero-order valence-corrected chi connectivity index (χ0v) is 22.5. The molecule has 3 heteroatoms. The summed E-state index contributed by atoms with van der Waals surface area (Å²) in [4.78, 5) is 0. The molecule has 6 rings (SSSR count). The Morgan fingerprint density at radius 3 is 1.85 bits per heavy atom. The molecule has 0 bridgehead atoms. The highest BCUT2D eigenvalue weighted by molar-refractivity contribution is 14.1. The summed E-state index contributed by atoms with van der Waals surface area (Å²) in [5, 5.41) is 18.6. The molecule has 0 aliphatic rings. The van der Waals surface area contributed by atoms with Gasteiger partial charge in [0.1, 0.15) is 5.75 Å². The normalized spacial score (nSPS) is 12.4. The lowest BCUT2D eigenvalue weighted by atomic mass is 9.80. The highest BCUT2D eigenvalue weighted by Gasteiger charge is 2.25. The second-order valence-electron chi connectivity index (χ2n) is 8.59. The molecule has 6 aromatic rings. The summed E-state index contributed by atoms with van der Waals surface area (Å²) >= 11 is 4.59. The summed E-state index contributed by atoms with van der Waals surface area (Å²) in [6.07, 6.45) is 0. The predicted octanol–water partition coefficient (Wildman–Crippen LogP) is 9.24. The summed E-state index contributed by atoms with van der Waals surface area (Å²) < 4.78 is 1.99. The lowest BCUT2D eigenvalue weighted by Crippen LogP contribution is -2.07. The predicted molar refractivity (Wildman–Crippen MR) is 160 cm³/mol. The van der Waals surface area contributed by atoms with Gasteiger partial charge in [0.05, 0.1) is 3.57 Å². The van der Waals surface area contributed by atoms with Gasteiger partial charge in [0.15, 0.2) is 0 Å². The maximum Gasteiger partial charge on any atom is 0.133 e. The molecule has 0 heterocycles. The van der Waals surface area contributed by atoms with Crippen LogP contribution in [-0.2, 0) is 0 Å². The number of phenols is 1. The van der Waals surface area contributed by atoms with Crippen molar-refractivity contribution in [3.05, 3.63) is 133 Å². The van der Waals surface area contributed by atoms with Crippen LogP contribution >= 0.6 is 45.2 Å². The number of aromatic hydroxyl groups is 1. The van der Waals surface area contributed by atoms with Gasteiger partial charge in [-0.3, -0.25) is 0 Å². The molecule has 0 aliphatic heterocycles. The van der Waals surface area contributed by atoms with E-state index in [4.69, 9.17) is 0 Å². The molecule has 0 amide bonds. The second-order valence-corrected chi connectivity index (χ2v) is 11.0. The summed E-state index contributed by atoms with van der Waals surface area (Å²) in [6.45, 7) is 0. The van der Waals surface area contributed by atoms with Crippen molar-refractivity contribution < 1.29 is 5.11 Å². The molecule has 0 saturated heterocycles. The van der Waals surface area contributed by atoms with Crippen LogP contribution in [0.2, 0.25) is 0 Å². The third kappa shape index (κ3) is 3.75. The van der Waals surface area contributed by atoms with E-state index in [2.05, 4.69) is 148 Å². The van der Waals surface area contributed by atoms with Crippen molar-refractivity contribution in [1.29, 1.82) is 0 Å². The van der Waals surface area contributed by atoms with Crippen LogP contribution in [-0.4, -0.2) is 5.11 Å². The zero-order chi connectivity index (χ0) is 23.2. The molecule has 1 nitrogen and oxygen atoms in total. The molecule has 6 aromatic carbocycles. The van der Waals surface area contributed by atoms with E-state index in [0.29, 0.717) is 5.75 Å². The molecule has 164 valence electrons. The number of benzene rings is 6. The van der Waals surface area contributed by atoms with Gasteiger partial charge in [-0.05, 0) is 113 Å². The first-order chi connectivity index (χ1) is 16.6. The molecule has 0 saturated carbocycles. The van der Waals surface area contributed by atoms with Crippen LogP contribution in [0.5, 0.6) is 5.75 Å². The Morgan fingerprint density at radius 1 is 0.500 bits per heavy atom.